The topological polar surface area (TPSA) is 72.9 Å². The molecule has 2 aromatic rings. The molecule has 0 atom stereocenters. The van der Waals surface area contributed by atoms with Crippen molar-refractivity contribution in [1.29, 1.82) is 0 Å². The molecule has 3 N–H and O–H groups in total. The lowest BCUT2D eigenvalue weighted by Gasteiger charge is -2.09. The molecule has 0 bridgehead atoms. The van der Waals surface area contributed by atoms with Crippen LogP contribution in [0.1, 0.15) is 36.6 Å². The number of nitrogens with zero attached hydrogens (tertiary/aromatic N) is 2. The molecule has 5 heteroatoms. The zero-order valence-electron chi connectivity index (χ0n) is 12.8. The van der Waals surface area contributed by atoms with Crippen molar-refractivity contribution < 1.29 is 4.79 Å². The molecule has 0 saturated carbocycles. The first kappa shape index (κ1) is 15.1. The van der Waals surface area contributed by atoms with Gasteiger partial charge in [-0.1, -0.05) is 26.0 Å². The van der Waals surface area contributed by atoms with Crippen LogP contribution in [0, 0.1) is 0 Å². The molecule has 1 heterocycles. The maximum atomic E-state index is 10.9. The van der Waals surface area contributed by atoms with Gasteiger partial charge in [0.05, 0.1) is 12.1 Å². The van der Waals surface area contributed by atoms with E-state index in [0.29, 0.717) is 5.92 Å². The zero-order valence-corrected chi connectivity index (χ0v) is 12.8. The smallest absolute Gasteiger partial charge is 0.221 e. The highest BCUT2D eigenvalue weighted by atomic mass is 16.1. The molecule has 0 saturated heterocycles. The van der Waals surface area contributed by atoms with Crippen LogP contribution >= 0.6 is 0 Å². The number of nitrogens with two attached hydrogens (primary N) is 1. The molecule has 0 aliphatic carbocycles. The molecule has 0 aliphatic heterocycles. The Morgan fingerprint density at radius 2 is 2.00 bits per heavy atom. The number of aromatic nitrogens is 2. The molecule has 2 rings (SSSR count). The van der Waals surface area contributed by atoms with Crippen LogP contribution in [0.15, 0.2) is 30.5 Å². The minimum atomic E-state index is -0.312. The minimum absolute atomic E-state index is 0.278. The van der Waals surface area contributed by atoms with E-state index in [9.17, 15) is 4.79 Å². The Balaban J connectivity index is 2.01. The van der Waals surface area contributed by atoms with E-state index in [1.165, 1.54) is 5.56 Å². The second-order valence-corrected chi connectivity index (χ2v) is 5.56. The van der Waals surface area contributed by atoms with Crippen LogP contribution in [0.5, 0.6) is 0 Å². The number of rotatable bonds is 6. The van der Waals surface area contributed by atoms with Crippen LogP contribution in [0.25, 0.3) is 0 Å². The number of carbonyl (C=O) groups is 1. The molecule has 21 heavy (non-hydrogen) atoms. The Hall–Kier alpha value is -2.30. The quantitative estimate of drug-likeness (QED) is 0.855. The van der Waals surface area contributed by atoms with E-state index in [2.05, 4.69) is 24.3 Å². The number of carbonyl (C=O) groups excluding carboxylic acids is 1. The summed E-state index contributed by atoms with van der Waals surface area (Å²) in [6.07, 6.45) is 2.32. The van der Waals surface area contributed by atoms with Crippen molar-refractivity contribution in [1.82, 2.24) is 9.78 Å². The maximum Gasteiger partial charge on any atom is 0.221 e. The number of aryl methyl sites for hydroxylation is 1. The van der Waals surface area contributed by atoms with Gasteiger partial charge in [0, 0.05) is 31.0 Å². The molecule has 5 nitrogen and oxygen atoms in total. The van der Waals surface area contributed by atoms with Crippen molar-refractivity contribution in [3.8, 4) is 0 Å². The third-order valence-electron chi connectivity index (χ3n) is 3.30. The third kappa shape index (κ3) is 4.08. The first-order valence-electron chi connectivity index (χ1n) is 7.09. The summed E-state index contributed by atoms with van der Waals surface area (Å²) in [5.41, 5.74) is 9.45. The van der Waals surface area contributed by atoms with Crippen molar-refractivity contribution in [2.24, 2.45) is 12.8 Å². The van der Waals surface area contributed by atoms with Crippen LogP contribution in [0.3, 0.4) is 0 Å². The molecule has 1 aromatic heterocycles. The lowest BCUT2D eigenvalue weighted by molar-refractivity contribution is -0.117. The predicted octanol–water partition coefficient (Wildman–Crippen LogP) is 2.18. The summed E-state index contributed by atoms with van der Waals surface area (Å²) in [7, 11) is 1.94. The van der Waals surface area contributed by atoms with Crippen molar-refractivity contribution >= 4 is 11.6 Å². The fraction of sp³-hybridized carbons (Fsp3) is 0.375. The summed E-state index contributed by atoms with van der Waals surface area (Å²) in [5, 5.41) is 7.88. The van der Waals surface area contributed by atoms with Gasteiger partial charge in [0.15, 0.2) is 0 Å². The van der Waals surface area contributed by atoms with Gasteiger partial charge in [-0.25, -0.2) is 0 Å². The van der Waals surface area contributed by atoms with Gasteiger partial charge in [0.2, 0.25) is 5.91 Å². The van der Waals surface area contributed by atoms with E-state index < -0.39 is 0 Å². The first-order valence-corrected chi connectivity index (χ1v) is 7.09. The monoisotopic (exact) mass is 286 g/mol. The summed E-state index contributed by atoms with van der Waals surface area (Å²) in [4.78, 5) is 10.9. The third-order valence-corrected chi connectivity index (χ3v) is 3.30. The highest BCUT2D eigenvalue weighted by Gasteiger charge is 2.10. The molecule has 1 aromatic carbocycles. The van der Waals surface area contributed by atoms with Crippen LogP contribution < -0.4 is 11.1 Å². The Morgan fingerprint density at radius 3 is 2.57 bits per heavy atom. The van der Waals surface area contributed by atoms with Crippen molar-refractivity contribution in [3.63, 3.8) is 0 Å². The molecular formula is C16H22N4O. The number of primary amides is 1. The Morgan fingerprint density at radius 1 is 1.33 bits per heavy atom. The predicted molar refractivity (Wildman–Crippen MR) is 84.0 cm³/mol. The van der Waals surface area contributed by atoms with Gasteiger partial charge in [-0.2, -0.15) is 5.10 Å². The molecule has 112 valence electrons. The van der Waals surface area contributed by atoms with Gasteiger partial charge < -0.3 is 11.1 Å². The zero-order chi connectivity index (χ0) is 15.4. The number of nitrogens with one attached hydrogen (secondary N) is 1. The van der Waals surface area contributed by atoms with E-state index in [1.807, 2.05) is 42.2 Å². The van der Waals surface area contributed by atoms with E-state index in [4.69, 9.17) is 5.73 Å². The van der Waals surface area contributed by atoms with Crippen molar-refractivity contribution in [2.45, 2.75) is 32.7 Å². The fourth-order valence-corrected chi connectivity index (χ4v) is 2.32. The summed E-state index contributed by atoms with van der Waals surface area (Å²) in [5.74, 6) is 0.0913. The first-order chi connectivity index (χ1) is 9.95. The minimum Gasteiger partial charge on any atom is -0.381 e. The van der Waals surface area contributed by atoms with Gasteiger partial charge in [-0.15, -0.1) is 0 Å². The molecule has 0 radical (unpaired) electrons. The normalized spacial score (nSPS) is 10.9. The second kappa shape index (κ2) is 6.43. The van der Waals surface area contributed by atoms with Gasteiger partial charge in [0.1, 0.15) is 0 Å². The summed E-state index contributed by atoms with van der Waals surface area (Å²) < 4.78 is 1.85. The van der Waals surface area contributed by atoms with Gasteiger partial charge in [0.25, 0.3) is 0 Å². The molecular weight excluding hydrogens is 264 g/mol. The number of benzene rings is 1. The van der Waals surface area contributed by atoms with E-state index in [-0.39, 0.29) is 12.3 Å². The van der Waals surface area contributed by atoms with Gasteiger partial charge in [-0.3, -0.25) is 9.48 Å². The fourth-order valence-electron chi connectivity index (χ4n) is 2.32. The highest BCUT2D eigenvalue weighted by molar-refractivity contribution is 5.76. The summed E-state index contributed by atoms with van der Waals surface area (Å²) >= 11 is 0. The number of hydrogen-bond acceptors (Lipinski definition) is 3. The lowest BCUT2D eigenvalue weighted by Crippen LogP contribution is -2.13. The van der Waals surface area contributed by atoms with Crippen LogP contribution in [-0.2, 0) is 24.8 Å². The van der Waals surface area contributed by atoms with Crippen molar-refractivity contribution in [2.75, 3.05) is 5.32 Å². The lowest BCUT2D eigenvalue weighted by atomic mass is 10.1. The number of amides is 1. The van der Waals surface area contributed by atoms with E-state index >= 15 is 0 Å². The SMILES string of the molecule is CC(C)c1nn(C)cc1CNc1ccc(CC(N)=O)cc1. The largest absolute Gasteiger partial charge is 0.381 e. The Bertz CT molecular complexity index is 614. The maximum absolute atomic E-state index is 10.9. The molecule has 0 unspecified atom stereocenters. The molecule has 0 fully saturated rings. The van der Waals surface area contributed by atoms with E-state index in [0.717, 1.165) is 23.5 Å². The van der Waals surface area contributed by atoms with Gasteiger partial charge in [-0.05, 0) is 23.6 Å². The number of hydrogen-bond donors (Lipinski definition) is 2. The second-order valence-electron chi connectivity index (χ2n) is 5.56. The average Bonchev–Trinajstić information content (AvgIpc) is 2.79. The van der Waals surface area contributed by atoms with Crippen molar-refractivity contribution in [3.05, 3.63) is 47.3 Å². The highest BCUT2D eigenvalue weighted by Crippen LogP contribution is 2.19. The standard InChI is InChI=1S/C16H22N4O/c1-11(2)16-13(10-20(3)19-16)9-18-14-6-4-12(5-7-14)8-15(17)21/h4-7,10-11,18H,8-9H2,1-3H3,(H2,17,21). The molecule has 0 aliphatic rings. The van der Waals surface area contributed by atoms with Crippen LogP contribution in [0.4, 0.5) is 5.69 Å². The Kier molecular flexibility index (Phi) is 4.62. The van der Waals surface area contributed by atoms with Crippen LogP contribution in [-0.4, -0.2) is 15.7 Å². The number of anilines is 1. The van der Waals surface area contributed by atoms with Gasteiger partial charge >= 0.3 is 0 Å². The molecule has 0 spiro atoms. The Labute approximate surface area is 125 Å². The van der Waals surface area contributed by atoms with E-state index in [1.54, 1.807) is 0 Å². The average molecular weight is 286 g/mol. The molecule has 1 amide bonds. The van der Waals surface area contributed by atoms with Crippen LogP contribution in [0.2, 0.25) is 0 Å². The summed E-state index contributed by atoms with van der Waals surface area (Å²) in [6, 6.07) is 7.76. The summed E-state index contributed by atoms with van der Waals surface area (Å²) in [6.45, 7) is 5.02.